The van der Waals surface area contributed by atoms with Gasteiger partial charge in [-0.1, -0.05) is 13.3 Å². The fraction of sp³-hybridized carbons (Fsp3) is 0.462. The van der Waals surface area contributed by atoms with Gasteiger partial charge in [-0.05, 0) is 24.6 Å². The van der Waals surface area contributed by atoms with Crippen LogP contribution >= 0.6 is 0 Å². The summed E-state index contributed by atoms with van der Waals surface area (Å²) in [7, 11) is 1.44. The Kier molecular flexibility index (Phi) is 4.91. The molecule has 0 saturated carbocycles. The van der Waals surface area contributed by atoms with Gasteiger partial charge in [0.2, 0.25) is 0 Å². The third-order valence-corrected chi connectivity index (χ3v) is 2.72. The van der Waals surface area contributed by atoms with Crippen molar-refractivity contribution in [2.24, 2.45) is 0 Å². The maximum Gasteiger partial charge on any atom is 0.416 e. The van der Waals surface area contributed by atoms with Crippen molar-refractivity contribution >= 4 is 5.91 Å². The summed E-state index contributed by atoms with van der Waals surface area (Å²) in [4.78, 5) is 13.1. The van der Waals surface area contributed by atoms with Crippen LogP contribution in [0, 0.1) is 5.82 Å². The molecule has 1 rings (SSSR count). The molecular weight excluding hydrogens is 262 g/mol. The second-order valence-electron chi connectivity index (χ2n) is 4.27. The number of carbonyl (C=O) groups is 1. The highest BCUT2D eigenvalue weighted by Crippen LogP contribution is 2.30. The average Bonchev–Trinajstić information content (AvgIpc) is 2.34. The first-order valence-electron chi connectivity index (χ1n) is 5.89. The Hall–Kier alpha value is -1.59. The highest BCUT2D eigenvalue weighted by atomic mass is 19.4. The van der Waals surface area contributed by atoms with Crippen LogP contribution in [-0.2, 0) is 6.18 Å². The molecule has 2 nitrogen and oxygen atoms in total. The molecule has 0 aliphatic heterocycles. The number of hydrogen-bond acceptors (Lipinski definition) is 1. The van der Waals surface area contributed by atoms with Crippen LogP contribution < -0.4 is 0 Å². The second kappa shape index (κ2) is 6.04. The van der Waals surface area contributed by atoms with Crippen LogP contribution in [0.15, 0.2) is 18.2 Å². The molecule has 0 saturated heterocycles. The number of unbranched alkanes of at least 4 members (excludes halogenated alkanes) is 1. The van der Waals surface area contributed by atoms with Gasteiger partial charge < -0.3 is 4.90 Å². The van der Waals surface area contributed by atoms with Crippen LogP contribution in [0.2, 0.25) is 0 Å². The van der Waals surface area contributed by atoms with Crippen LogP contribution in [0.4, 0.5) is 17.6 Å². The zero-order valence-electron chi connectivity index (χ0n) is 10.7. The third kappa shape index (κ3) is 3.94. The van der Waals surface area contributed by atoms with Crippen LogP contribution in [0.1, 0.15) is 35.7 Å². The summed E-state index contributed by atoms with van der Waals surface area (Å²) in [5.41, 5.74) is -1.57. The first-order valence-corrected chi connectivity index (χ1v) is 5.89. The van der Waals surface area contributed by atoms with E-state index in [0.717, 1.165) is 6.42 Å². The monoisotopic (exact) mass is 277 g/mol. The lowest BCUT2D eigenvalue weighted by atomic mass is 10.1. The molecule has 0 unspecified atom stereocenters. The molecule has 1 aromatic rings. The molecule has 0 aromatic heterocycles. The van der Waals surface area contributed by atoms with E-state index in [1.165, 1.54) is 11.9 Å². The summed E-state index contributed by atoms with van der Waals surface area (Å²) in [6, 6.07) is 1.85. The Morgan fingerprint density at radius 2 is 1.95 bits per heavy atom. The van der Waals surface area contributed by atoms with Crippen molar-refractivity contribution in [1.29, 1.82) is 0 Å². The Bertz CT molecular complexity index is 456. The first kappa shape index (κ1) is 15.5. The topological polar surface area (TPSA) is 20.3 Å². The third-order valence-electron chi connectivity index (χ3n) is 2.72. The fourth-order valence-electron chi connectivity index (χ4n) is 1.57. The number of nitrogens with zero attached hydrogens (tertiary/aromatic N) is 1. The van der Waals surface area contributed by atoms with Gasteiger partial charge in [0.1, 0.15) is 5.82 Å². The Morgan fingerprint density at radius 3 is 2.47 bits per heavy atom. The molecule has 0 heterocycles. The van der Waals surface area contributed by atoms with Crippen molar-refractivity contribution in [2.75, 3.05) is 13.6 Å². The number of carbonyl (C=O) groups excluding carboxylic acids is 1. The highest BCUT2D eigenvalue weighted by Gasteiger charge is 2.32. The lowest BCUT2D eigenvalue weighted by Crippen LogP contribution is -2.28. The molecule has 19 heavy (non-hydrogen) atoms. The quantitative estimate of drug-likeness (QED) is 0.768. The molecule has 0 spiro atoms. The van der Waals surface area contributed by atoms with E-state index < -0.39 is 29.0 Å². The molecule has 0 radical (unpaired) electrons. The SMILES string of the molecule is CCCCN(C)C(=O)c1cc(C(F)(F)F)ccc1F. The summed E-state index contributed by atoms with van der Waals surface area (Å²) in [5.74, 6) is -1.68. The van der Waals surface area contributed by atoms with Crippen LogP contribution in [-0.4, -0.2) is 24.4 Å². The number of amides is 1. The van der Waals surface area contributed by atoms with E-state index in [9.17, 15) is 22.4 Å². The normalized spacial score (nSPS) is 11.5. The first-order chi connectivity index (χ1) is 8.77. The Labute approximate surface area is 109 Å². The van der Waals surface area contributed by atoms with Crippen molar-refractivity contribution in [3.8, 4) is 0 Å². The summed E-state index contributed by atoms with van der Waals surface area (Å²) in [6.45, 7) is 2.30. The van der Waals surface area contributed by atoms with Gasteiger partial charge in [0.05, 0.1) is 11.1 Å². The van der Waals surface area contributed by atoms with Crippen LogP contribution in [0.5, 0.6) is 0 Å². The van der Waals surface area contributed by atoms with E-state index in [1.54, 1.807) is 0 Å². The van der Waals surface area contributed by atoms with Gasteiger partial charge in [-0.3, -0.25) is 4.79 Å². The van der Waals surface area contributed by atoms with Gasteiger partial charge in [0, 0.05) is 13.6 Å². The largest absolute Gasteiger partial charge is 0.416 e. The van der Waals surface area contributed by atoms with Gasteiger partial charge in [-0.15, -0.1) is 0 Å². The molecule has 1 amide bonds. The summed E-state index contributed by atoms with van der Waals surface area (Å²) in [5, 5.41) is 0. The lowest BCUT2D eigenvalue weighted by Gasteiger charge is -2.18. The molecule has 0 bridgehead atoms. The second-order valence-corrected chi connectivity index (χ2v) is 4.27. The number of halogens is 4. The predicted octanol–water partition coefficient (Wildman–Crippen LogP) is 3.72. The Balaban J connectivity index is 3.02. The van der Waals surface area contributed by atoms with E-state index in [2.05, 4.69) is 0 Å². The van der Waals surface area contributed by atoms with E-state index in [-0.39, 0.29) is 0 Å². The minimum Gasteiger partial charge on any atom is -0.342 e. The number of rotatable bonds is 4. The minimum atomic E-state index is -4.59. The van der Waals surface area contributed by atoms with E-state index in [4.69, 9.17) is 0 Å². The van der Waals surface area contributed by atoms with Crippen molar-refractivity contribution in [1.82, 2.24) is 4.90 Å². The average molecular weight is 277 g/mol. The standard InChI is InChI=1S/C13H15F4NO/c1-3-4-7-18(2)12(19)10-8-9(13(15,16)17)5-6-11(10)14/h5-6,8H,3-4,7H2,1-2H3. The summed E-state index contributed by atoms with van der Waals surface area (Å²) >= 11 is 0. The summed E-state index contributed by atoms with van der Waals surface area (Å²) < 4.78 is 51.0. The van der Waals surface area contributed by atoms with Gasteiger partial charge in [-0.2, -0.15) is 13.2 Å². The van der Waals surface area contributed by atoms with Crippen molar-refractivity contribution in [2.45, 2.75) is 25.9 Å². The van der Waals surface area contributed by atoms with Gasteiger partial charge in [-0.25, -0.2) is 4.39 Å². The van der Waals surface area contributed by atoms with Crippen molar-refractivity contribution < 1.29 is 22.4 Å². The van der Waals surface area contributed by atoms with Crippen LogP contribution in [0.25, 0.3) is 0 Å². The molecule has 0 aliphatic rings. The van der Waals surface area contributed by atoms with E-state index >= 15 is 0 Å². The fourth-order valence-corrected chi connectivity index (χ4v) is 1.57. The molecule has 0 N–H and O–H groups in total. The highest BCUT2D eigenvalue weighted by molar-refractivity contribution is 5.94. The van der Waals surface area contributed by atoms with Gasteiger partial charge >= 0.3 is 6.18 Å². The maximum atomic E-state index is 13.5. The molecule has 6 heteroatoms. The van der Waals surface area contributed by atoms with Gasteiger partial charge in [0.15, 0.2) is 0 Å². The molecule has 0 aliphatic carbocycles. The maximum absolute atomic E-state index is 13.5. The predicted molar refractivity (Wildman–Crippen MR) is 63.3 cm³/mol. The molecule has 1 aromatic carbocycles. The Morgan fingerprint density at radius 1 is 1.32 bits per heavy atom. The van der Waals surface area contributed by atoms with E-state index in [1.807, 2.05) is 6.92 Å². The zero-order valence-corrected chi connectivity index (χ0v) is 10.7. The smallest absolute Gasteiger partial charge is 0.342 e. The number of alkyl halides is 3. The van der Waals surface area contributed by atoms with Crippen molar-refractivity contribution in [3.05, 3.63) is 35.1 Å². The zero-order chi connectivity index (χ0) is 14.6. The summed E-state index contributed by atoms with van der Waals surface area (Å²) in [6.07, 6.45) is -3.05. The number of benzene rings is 1. The molecule has 106 valence electrons. The molecule has 0 atom stereocenters. The van der Waals surface area contributed by atoms with Crippen molar-refractivity contribution in [3.63, 3.8) is 0 Å². The van der Waals surface area contributed by atoms with Crippen LogP contribution in [0.3, 0.4) is 0 Å². The van der Waals surface area contributed by atoms with Gasteiger partial charge in [0.25, 0.3) is 5.91 Å². The number of hydrogen-bond donors (Lipinski definition) is 0. The molecule has 0 fully saturated rings. The minimum absolute atomic E-state index is 0.380. The van der Waals surface area contributed by atoms with E-state index in [0.29, 0.717) is 31.2 Å². The lowest BCUT2D eigenvalue weighted by molar-refractivity contribution is -0.137. The molecular formula is C13H15F4NO.